The summed E-state index contributed by atoms with van der Waals surface area (Å²) in [5.74, 6) is -4.84. The van der Waals surface area contributed by atoms with Gasteiger partial charge in [0, 0.05) is 31.4 Å². The molecule has 222 valence electrons. The Morgan fingerprint density at radius 3 is 2.50 bits per heavy atom. The van der Waals surface area contributed by atoms with Crippen LogP contribution in [0.3, 0.4) is 0 Å². The number of halogens is 4. The summed E-state index contributed by atoms with van der Waals surface area (Å²) < 4.78 is 67.0. The van der Waals surface area contributed by atoms with Gasteiger partial charge in [-0.3, -0.25) is 0 Å². The van der Waals surface area contributed by atoms with Crippen LogP contribution < -0.4 is 9.64 Å². The highest BCUT2D eigenvalue weighted by atomic mass is 19.3. The second kappa shape index (κ2) is 9.95. The summed E-state index contributed by atoms with van der Waals surface area (Å²) >= 11 is 0. The number of hydrogen-bond donors (Lipinski definition) is 2. The number of phenolic OH excluding ortho intramolecular Hbond substituents is 1. The van der Waals surface area contributed by atoms with Crippen LogP contribution in [0, 0.1) is 17.0 Å². The maximum absolute atomic E-state index is 16.5. The number of aromatic nitrogens is 2. The Morgan fingerprint density at radius 2 is 1.81 bits per heavy atom. The molecule has 0 spiro atoms. The predicted octanol–water partition coefficient (Wildman–Crippen LogP) is 5.75. The van der Waals surface area contributed by atoms with Gasteiger partial charge in [0.25, 0.3) is 5.92 Å². The summed E-state index contributed by atoms with van der Waals surface area (Å²) in [6, 6.07) is 10.5. The lowest BCUT2D eigenvalue weighted by Gasteiger charge is -2.38. The van der Waals surface area contributed by atoms with E-state index in [4.69, 9.17) is 4.74 Å². The molecular formula is C31H32F4N4O3. The van der Waals surface area contributed by atoms with Gasteiger partial charge in [-0.1, -0.05) is 24.3 Å². The molecule has 2 fully saturated rings. The van der Waals surface area contributed by atoms with Gasteiger partial charge >= 0.3 is 6.01 Å². The molecule has 3 aromatic carbocycles. The van der Waals surface area contributed by atoms with Crippen molar-refractivity contribution in [1.82, 2.24) is 14.9 Å². The van der Waals surface area contributed by atoms with E-state index in [9.17, 15) is 19.0 Å². The largest absolute Gasteiger partial charge is 0.508 e. The third kappa shape index (κ3) is 4.98. The van der Waals surface area contributed by atoms with E-state index >= 15 is 8.78 Å². The number of benzene rings is 3. The molecule has 1 saturated heterocycles. The lowest BCUT2D eigenvalue weighted by molar-refractivity contribution is 0.0287. The van der Waals surface area contributed by atoms with Crippen LogP contribution in [0.2, 0.25) is 0 Å². The Balaban J connectivity index is 1.51. The molecule has 6 rings (SSSR count). The van der Waals surface area contributed by atoms with E-state index in [1.807, 2.05) is 0 Å². The molecule has 2 atom stereocenters. The number of nitrogens with zero attached hydrogens (tertiary/aromatic N) is 4. The molecule has 1 aliphatic carbocycles. The Hall–Kier alpha value is -3.70. The number of phenols is 1. The van der Waals surface area contributed by atoms with Crippen LogP contribution in [0.15, 0.2) is 42.5 Å². The molecule has 4 aromatic rings. The molecule has 1 aliphatic heterocycles. The van der Waals surface area contributed by atoms with Crippen molar-refractivity contribution < 1.29 is 32.5 Å². The first kappa shape index (κ1) is 28.4. The second-order valence-corrected chi connectivity index (χ2v) is 12.2. The predicted molar refractivity (Wildman–Crippen MR) is 152 cm³/mol. The van der Waals surface area contributed by atoms with Crippen molar-refractivity contribution in [3.8, 4) is 22.9 Å². The molecule has 0 unspecified atom stereocenters. The minimum Gasteiger partial charge on any atom is -0.508 e. The van der Waals surface area contributed by atoms with Gasteiger partial charge < -0.3 is 24.7 Å². The highest BCUT2D eigenvalue weighted by Crippen LogP contribution is 2.60. The number of aromatic hydroxyl groups is 1. The molecule has 1 saturated carbocycles. The summed E-state index contributed by atoms with van der Waals surface area (Å²) in [6.07, 6.45) is 0.780. The third-order valence-electron chi connectivity index (χ3n) is 8.24. The third-order valence-corrected chi connectivity index (χ3v) is 8.24. The van der Waals surface area contributed by atoms with Gasteiger partial charge in [0.15, 0.2) is 5.82 Å². The number of hydrogen-bond acceptors (Lipinski definition) is 7. The van der Waals surface area contributed by atoms with Crippen molar-refractivity contribution in [1.29, 1.82) is 0 Å². The van der Waals surface area contributed by atoms with E-state index < -0.39 is 40.7 Å². The van der Waals surface area contributed by atoms with Gasteiger partial charge in [0.1, 0.15) is 29.5 Å². The summed E-state index contributed by atoms with van der Waals surface area (Å²) in [6.45, 7) is 1.94. The fraction of sp³-hybridized carbons (Fsp3) is 0.419. The number of alkyl halides is 2. The van der Waals surface area contributed by atoms with Crippen LogP contribution >= 0.6 is 0 Å². The van der Waals surface area contributed by atoms with Crippen LogP contribution in [0.25, 0.3) is 32.8 Å². The number of β-amino-alcohol motifs (C(OH)–C–C–N with tert-alkyl or cyclic N) is 1. The molecule has 0 bridgehead atoms. The van der Waals surface area contributed by atoms with Gasteiger partial charge in [0.2, 0.25) is 0 Å². The van der Waals surface area contributed by atoms with Crippen LogP contribution in [-0.4, -0.2) is 76.9 Å². The second-order valence-electron chi connectivity index (χ2n) is 12.2. The zero-order chi connectivity index (χ0) is 30.0. The van der Waals surface area contributed by atoms with Gasteiger partial charge in [-0.15, -0.1) is 0 Å². The lowest BCUT2D eigenvalue weighted by Crippen LogP contribution is -2.46. The normalized spacial score (nSPS) is 23.6. The van der Waals surface area contributed by atoms with E-state index in [0.717, 1.165) is 6.07 Å². The quantitative estimate of drug-likeness (QED) is 0.268. The van der Waals surface area contributed by atoms with E-state index in [2.05, 4.69) is 9.97 Å². The number of piperidine rings is 1. The first-order chi connectivity index (χ1) is 19.8. The molecule has 0 radical (unpaired) electrons. The zero-order valence-electron chi connectivity index (χ0n) is 23.6. The minimum absolute atomic E-state index is 0.0583. The standard InChI is InChI=1S/C31H32F4N4O3/c1-29(41)9-6-10-39(15-29)27-22-13-23(32)24(21-12-19(40)11-18-7-4-5-8-20(18)21)25(33)26(22)36-28(37-27)42-17-30(16-38(2)3)14-31(30,34)35/h4-5,7-8,11-13,40-41H,6,9-10,14-17H2,1-3H3/t29-,30-/m1/s1. The van der Waals surface area contributed by atoms with Gasteiger partial charge in [-0.05, 0) is 68.4 Å². The molecule has 11 heteroatoms. The van der Waals surface area contributed by atoms with Gasteiger partial charge in [-0.2, -0.15) is 9.97 Å². The molecule has 2 N–H and O–H groups in total. The number of aliphatic hydroxyl groups is 1. The molecule has 0 amide bonds. The summed E-state index contributed by atoms with van der Waals surface area (Å²) in [5, 5.41) is 22.3. The van der Waals surface area contributed by atoms with Crippen molar-refractivity contribution in [2.24, 2.45) is 5.41 Å². The molecule has 42 heavy (non-hydrogen) atoms. The van der Waals surface area contributed by atoms with E-state index in [1.54, 1.807) is 55.1 Å². The van der Waals surface area contributed by atoms with Crippen LogP contribution in [0.5, 0.6) is 11.8 Å². The van der Waals surface area contributed by atoms with Crippen LogP contribution in [-0.2, 0) is 0 Å². The van der Waals surface area contributed by atoms with Crippen molar-refractivity contribution in [3.05, 3.63) is 54.1 Å². The summed E-state index contributed by atoms with van der Waals surface area (Å²) in [7, 11) is 3.39. The highest BCUT2D eigenvalue weighted by Gasteiger charge is 2.71. The minimum atomic E-state index is -2.93. The monoisotopic (exact) mass is 584 g/mol. The Labute approximate surface area is 240 Å². The average Bonchev–Trinajstić information content (AvgIpc) is 3.45. The van der Waals surface area contributed by atoms with Gasteiger partial charge in [-0.25, -0.2) is 17.6 Å². The summed E-state index contributed by atoms with van der Waals surface area (Å²) in [5.41, 5.74) is -3.02. The SMILES string of the molecule is CN(C)C[C@@]1(COc2nc(N3CCC[C@@](C)(O)C3)c3cc(F)c(-c4cc(O)cc5ccccc45)c(F)c3n2)CC1(F)F. The summed E-state index contributed by atoms with van der Waals surface area (Å²) in [4.78, 5) is 12.1. The van der Waals surface area contributed by atoms with E-state index in [1.165, 1.54) is 12.1 Å². The van der Waals surface area contributed by atoms with Crippen LogP contribution in [0.1, 0.15) is 26.2 Å². The fourth-order valence-electron chi connectivity index (χ4n) is 6.18. The smallest absolute Gasteiger partial charge is 0.319 e. The number of ether oxygens (including phenoxy) is 1. The maximum Gasteiger partial charge on any atom is 0.319 e. The number of fused-ring (bicyclic) bond motifs is 2. The maximum atomic E-state index is 16.5. The van der Waals surface area contributed by atoms with Crippen molar-refractivity contribution in [3.63, 3.8) is 0 Å². The van der Waals surface area contributed by atoms with E-state index in [0.29, 0.717) is 30.2 Å². The average molecular weight is 585 g/mol. The van der Waals surface area contributed by atoms with E-state index in [-0.39, 0.29) is 53.6 Å². The van der Waals surface area contributed by atoms with Crippen molar-refractivity contribution >= 4 is 27.5 Å². The Bertz CT molecular complexity index is 1700. The van der Waals surface area contributed by atoms with Crippen molar-refractivity contribution in [2.45, 2.75) is 37.7 Å². The first-order valence-corrected chi connectivity index (χ1v) is 13.8. The highest BCUT2D eigenvalue weighted by molar-refractivity contribution is 6.01. The first-order valence-electron chi connectivity index (χ1n) is 13.8. The van der Waals surface area contributed by atoms with Gasteiger partial charge in [0.05, 0.1) is 16.6 Å². The van der Waals surface area contributed by atoms with Crippen molar-refractivity contribution in [2.75, 3.05) is 45.2 Å². The molecule has 2 aliphatic rings. The Kier molecular flexibility index (Phi) is 6.73. The fourth-order valence-corrected chi connectivity index (χ4v) is 6.18. The number of rotatable bonds is 7. The molecule has 2 heterocycles. The lowest BCUT2D eigenvalue weighted by atomic mass is 9.94. The molecule has 7 nitrogen and oxygen atoms in total. The molecular weight excluding hydrogens is 552 g/mol. The van der Waals surface area contributed by atoms with Crippen LogP contribution in [0.4, 0.5) is 23.4 Å². The topological polar surface area (TPSA) is 82.0 Å². The zero-order valence-corrected chi connectivity index (χ0v) is 23.6. The molecule has 1 aromatic heterocycles. The number of anilines is 1. The Morgan fingerprint density at radius 1 is 1.07 bits per heavy atom.